The maximum absolute atomic E-state index is 8.36. The van der Waals surface area contributed by atoms with E-state index in [2.05, 4.69) is 4.98 Å². The topological polar surface area (TPSA) is 59.4 Å². The van der Waals surface area contributed by atoms with Crippen molar-refractivity contribution in [2.24, 2.45) is 0 Å². The molecule has 1 heterocycles. The Labute approximate surface area is 83.6 Å². The fourth-order valence-corrected chi connectivity index (χ4v) is 0.827. The van der Waals surface area contributed by atoms with Crippen molar-refractivity contribution in [1.82, 2.24) is 4.98 Å². The first kappa shape index (κ1) is 12.4. The number of aryl methyl sites for hydroxylation is 1. The van der Waals surface area contributed by atoms with Crippen molar-refractivity contribution in [3.05, 3.63) is 24.0 Å². The molecule has 0 bridgehead atoms. The number of hydrogen-bond donors (Lipinski definition) is 1. The Morgan fingerprint density at radius 2 is 2.14 bits per heavy atom. The average Bonchev–Trinajstić information content (AvgIpc) is 2.09. The standard InChI is InChI=1S/C9H13NO.CH2O2/c1-7(2)11-9-6-10-5-4-8(9)3;2-1-3/h4-7H,1-3H3;1H,(H,2,3). The Hall–Kier alpha value is -1.58. The molecule has 0 saturated heterocycles. The van der Waals surface area contributed by atoms with Crippen molar-refractivity contribution in [3.63, 3.8) is 0 Å². The van der Waals surface area contributed by atoms with Gasteiger partial charge in [-0.25, -0.2) is 0 Å². The van der Waals surface area contributed by atoms with Crippen LogP contribution in [0, 0.1) is 6.92 Å². The molecule has 0 aliphatic heterocycles. The van der Waals surface area contributed by atoms with Gasteiger partial charge in [-0.15, -0.1) is 0 Å². The first-order valence-electron chi connectivity index (χ1n) is 4.27. The van der Waals surface area contributed by atoms with Gasteiger partial charge in [-0.3, -0.25) is 9.78 Å². The summed E-state index contributed by atoms with van der Waals surface area (Å²) in [6.45, 7) is 5.78. The summed E-state index contributed by atoms with van der Waals surface area (Å²) in [6, 6.07) is 1.94. The number of carbonyl (C=O) groups is 1. The predicted octanol–water partition coefficient (Wildman–Crippen LogP) is 1.88. The molecule has 1 rings (SSSR count). The highest BCUT2D eigenvalue weighted by molar-refractivity contribution is 5.32. The van der Waals surface area contributed by atoms with Crippen molar-refractivity contribution >= 4 is 6.47 Å². The van der Waals surface area contributed by atoms with Crippen LogP contribution in [0.15, 0.2) is 18.5 Å². The molecule has 4 nitrogen and oxygen atoms in total. The van der Waals surface area contributed by atoms with E-state index in [0.717, 1.165) is 11.3 Å². The summed E-state index contributed by atoms with van der Waals surface area (Å²) in [5, 5.41) is 6.89. The number of pyridine rings is 1. The Morgan fingerprint density at radius 3 is 2.57 bits per heavy atom. The first-order valence-corrected chi connectivity index (χ1v) is 4.27. The van der Waals surface area contributed by atoms with Crippen molar-refractivity contribution in [1.29, 1.82) is 0 Å². The number of nitrogens with zero attached hydrogens (tertiary/aromatic N) is 1. The molecule has 0 aliphatic rings. The molecule has 4 heteroatoms. The number of aromatic nitrogens is 1. The maximum Gasteiger partial charge on any atom is 0.290 e. The summed E-state index contributed by atoms with van der Waals surface area (Å²) in [6.07, 6.45) is 3.73. The molecule has 0 spiro atoms. The summed E-state index contributed by atoms with van der Waals surface area (Å²) in [7, 11) is 0. The molecule has 1 aromatic rings. The third kappa shape index (κ3) is 5.13. The summed E-state index contributed by atoms with van der Waals surface area (Å²) in [4.78, 5) is 12.3. The van der Waals surface area contributed by atoms with E-state index in [9.17, 15) is 0 Å². The number of hydrogen-bond acceptors (Lipinski definition) is 3. The van der Waals surface area contributed by atoms with Crippen molar-refractivity contribution in [2.45, 2.75) is 26.9 Å². The second kappa shape index (κ2) is 6.88. The van der Waals surface area contributed by atoms with Crippen molar-refractivity contribution < 1.29 is 14.6 Å². The summed E-state index contributed by atoms with van der Waals surface area (Å²) in [5.74, 6) is 0.877. The molecule has 1 N–H and O–H groups in total. The van der Waals surface area contributed by atoms with E-state index in [0.29, 0.717) is 0 Å². The van der Waals surface area contributed by atoms with E-state index in [-0.39, 0.29) is 12.6 Å². The van der Waals surface area contributed by atoms with Crippen molar-refractivity contribution in [2.75, 3.05) is 0 Å². The van der Waals surface area contributed by atoms with Gasteiger partial charge in [0.15, 0.2) is 0 Å². The van der Waals surface area contributed by atoms with Gasteiger partial charge in [0.25, 0.3) is 6.47 Å². The van der Waals surface area contributed by atoms with E-state index in [1.54, 1.807) is 12.4 Å². The first-order chi connectivity index (χ1) is 6.61. The maximum atomic E-state index is 8.36. The SMILES string of the molecule is Cc1ccncc1OC(C)C.O=CO. The van der Waals surface area contributed by atoms with Crippen LogP contribution in [0.5, 0.6) is 5.75 Å². The second-order valence-electron chi connectivity index (χ2n) is 2.91. The molecule has 0 saturated carbocycles. The number of carboxylic acid groups (broad SMARTS) is 1. The molecule has 0 fully saturated rings. The third-order valence-electron chi connectivity index (χ3n) is 1.35. The largest absolute Gasteiger partial charge is 0.489 e. The lowest BCUT2D eigenvalue weighted by molar-refractivity contribution is -0.122. The van der Waals surface area contributed by atoms with Gasteiger partial charge in [0.05, 0.1) is 12.3 Å². The molecular weight excluding hydrogens is 182 g/mol. The second-order valence-corrected chi connectivity index (χ2v) is 2.91. The molecule has 0 unspecified atom stereocenters. The van der Waals surface area contributed by atoms with Crippen LogP contribution >= 0.6 is 0 Å². The van der Waals surface area contributed by atoms with Gasteiger partial charge in [-0.1, -0.05) is 0 Å². The zero-order valence-electron chi connectivity index (χ0n) is 8.60. The molecule has 0 aromatic carbocycles. The van der Waals surface area contributed by atoms with E-state index >= 15 is 0 Å². The minimum Gasteiger partial charge on any atom is -0.489 e. The van der Waals surface area contributed by atoms with Crippen LogP contribution in [0.2, 0.25) is 0 Å². The monoisotopic (exact) mass is 197 g/mol. The summed E-state index contributed by atoms with van der Waals surface area (Å²) >= 11 is 0. The Bertz CT molecular complexity index is 274. The molecule has 0 amide bonds. The molecule has 0 aliphatic carbocycles. The highest BCUT2D eigenvalue weighted by Gasteiger charge is 1.99. The van der Waals surface area contributed by atoms with Gasteiger partial charge in [0, 0.05) is 6.20 Å². The van der Waals surface area contributed by atoms with Crippen LogP contribution in [0.1, 0.15) is 19.4 Å². The molecule has 0 atom stereocenters. The number of rotatable bonds is 2. The smallest absolute Gasteiger partial charge is 0.290 e. The molecule has 78 valence electrons. The molecule has 0 radical (unpaired) electrons. The van der Waals surface area contributed by atoms with Crippen LogP contribution in [0.25, 0.3) is 0 Å². The van der Waals surface area contributed by atoms with Gasteiger partial charge in [-0.2, -0.15) is 0 Å². The quantitative estimate of drug-likeness (QED) is 0.735. The van der Waals surface area contributed by atoms with Gasteiger partial charge in [0.1, 0.15) is 5.75 Å². The van der Waals surface area contributed by atoms with E-state index in [1.165, 1.54) is 0 Å². The van der Waals surface area contributed by atoms with E-state index < -0.39 is 0 Å². The summed E-state index contributed by atoms with van der Waals surface area (Å²) < 4.78 is 5.48. The van der Waals surface area contributed by atoms with Crippen LogP contribution < -0.4 is 4.74 Å². The fraction of sp³-hybridized carbons (Fsp3) is 0.400. The van der Waals surface area contributed by atoms with Crippen molar-refractivity contribution in [3.8, 4) is 5.75 Å². The van der Waals surface area contributed by atoms with Crippen LogP contribution in [-0.4, -0.2) is 22.7 Å². The Kier molecular flexibility index (Phi) is 6.11. The summed E-state index contributed by atoms with van der Waals surface area (Å²) in [5.41, 5.74) is 1.13. The van der Waals surface area contributed by atoms with Crippen LogP contribution in [0.4, 0.5) is 0 Å². The average molecular weight is 197 g/mol. The lowest BCUT2D eigenvalue weighted by atomic mass is 10.3. The van der Waals surface area contributed by atoms with Gasteiger partial charge in [0.2, 0.25) is 0 Å². The zero-order valence-corrected chi connectivity index (χ0v) is 8.60. The lowest BCUT2D eigenvalue weighted by Crippen LogP contribution is -2.06. The molecule has 14 heavy (non-hydrogen) atoms. The molecule has 1 aromatic heterocycles. The Balaban J connectivity index is 0.000000500. The Morgan fingerprint density at radius 1 is 1.57 bits per heavy atom. The van der Waals surface area contributed by atoms with Crippen LogP contribution in [0.3, 0.4) is 0 Å². The van der Waals surface area contributed by atoms with Crippen LogP contribution in [-0.2, 0) is 4.79 Å². The normalized spacial score (nSPS) is 8.86. The fourth-order valence-electron chi connectivity index (χ4n) is 0.827. The van der Waals surface area contributed by atoms with E-state index in [1.807, 2.05) is 26.8 Å². The highest BCUT2D eigenvalue weighted by atomic mass is 16.5. The minimum absolute atomic E-state index is 0.220. The highest BCUT2D eigenvalue weighted by Crippen LogP contribution is 2.15. The van der Waals surface area contributed by atoms with Gasteiger partial charge >= 0.3 is 0 Å². The van der Waals surface area contributed by atoms with Gasteiger partial charge in [-0.05, 0) is 32.4 Å². The predicted molar refractivity (Wildman–Crippen MR) is 53.4 cm³/mol. The lowest BCUT2D eigenvalue weighted by Gasteiger charge is -2.10. The van der Waals surface area contributed by atoms with Gasteiger partial charge < -0.3 is 9.84 Å². The van der Waals surface area contributed by atoms with E-state index in [4.69, 9.17) is 14.6 Å². The minimum atomic E-state index is -0.250. The zero-order chi connectivity index (χ0) is 11.0. The molecular formula is C10H15NO3. The third-order valence-corrected chi connectivity index (χ3v) is 1.35. The number of ether oxygens (including phenoxy) is 1.